The van der Waals surface area contributed by atoms with Gasteiger partial charge >= 0.3 is 0 Å². The molecule has 2 heterocycles. The normalized spacial score (nSPS) is 19.8. The fourth-order valence-electron chi connectivity index (χ4n) is 3.24. The Morgan fingerprint density at radius 1 is 1.12 bits per heavy atom. The summed E-state index contributed by atoms with van der Waals surface area (Å²) in [6, 6.07) is 7.88. The summed E-state index contributed by atoms with van der Waals surface area (Å²) in [5, 5.41) is 4.10. The van der Waals surface area contributed by atoms with E-state index >= 15 is 0 Å². The molecule has 6 heteroatoms. The standard InChI is InChI=1S/C18H25ClN2O3/c19-16-3-1-15(2-4-16)5-9-20-10-6-17(22)21-11-7-18(8-12-21)23-13-14-24-18/h1-4,20H,5-14H2. The third-order valence-electron chi connectivity index (χ3n) is 4.71. The van der Waals surface area contributed by atoms with Crippen LogP contribution in [0.15, 0.2) is 24.3 Å². The van der Waals surface area contributed by atoms with Gasteiger partial charge in [-0.05, 0) is 30.7 Å². The lowest BCUT2D eigenvalue weighted by Crippen LogP contribution is -2.47. The second-order valence-corrected chi connectivity index (χ2v) is 6.80. The number of halogens is 1. The molecule has 5 nitrogen and oxygen atoms in total. The summed E-state index contributed by atoms with van der Waals surface area (Å²) < 4.78 is 11.4. The molecule has 132 valence electrons. The second-order valence-electron chi connectivity index (χ2n) is 6.36. The highest BCUT2D eigenvalue weighted by Crippen LogP contribution is 2.31. The lowest BCUT2D eigenvalue weighted by atomic mass is 10.0. The van der Waals surface area contributed by atoms with Crippen LogP contribution in [0.25, 0.3) is 0 Å². The molecule has 1 aromatic rings. The van der Waals surface area contributed by atoms with Crippen molar-refractivity contribution < 1.29 is 14.3 Å². The molecular formula is C18H25ClN2O3. The number of nitrogens with one attached hydrogen (secondary N) is 1. The monoisotopic (exact) mass is 352 g/mol. The maximum atomic E-state index is 12.3. The van der Waals surface area contributed by atoms with Gasteiger partial charge < -0.3 is 19.7 Å². The Labute approximate surface area is 148 Å². The predicted molar refractivity (Wildman–Crippen MR) is 93.1 cm³/mol. The van der Waals surface area contributed by atoms with Gasteiger partial charge in [-0.1, -0.05) is 23.7 Å². The Kier molecular flexibility index (Phi) is 6.11. The fourth-order valence-corrected chi connectivity index (χ4v) is 3.37. The quantitative estimate of drug-likeness (QED) is 0.798. The van der Waals surface area contributed by atoms with E-state index in [4.69, 9.17) is 21.1 Å². The summed E-state index contributed by atoms with van der Waals surface area (Å²) in [4.78, 5) is 14.2. The van der Waals surface area contributed by atoms with Crippen LogP contribution in [-0.2, 0) is 20.7 Å². The van der Waals surface area contributed by atoms with E-state index in [0.717, 1.165) is 43.9 Å². The Morgan fingerprint density at radius 2 is 1.79 bits per heavy atom. The van der Waals surface area contributed by atoms with Crippen molar-refractivity contribution >= 4 is 17.5 Å². The van der Waals surface area contributed by atoms with Gasteiger partial charge in [0, 0.05) is 43.9 Å². The van der Waals surface area contributed by atoms with Gasteiger partial charge in [-0.15, -0.1) is 0 Å². The highest BCUT2D eigenvalue weighted by atomic mass is 35.5. The van der Waals surface area contributed by atoms with E-state index in [2.05, 4.69) is 5.32 Å². The molecule has 2 aliphatic rings. The first-order valence-electron chi connectivity index (χ1n) is 8.68. The number of nitrogens with zero attached hydrogens (tertiary/aromatic N) is 1. The lowest BCUT2D eigenvalue weighted by molar-refractivity contribution is -0.187. The molecule has 1 aromatic carbocycles. The smallest absolute Gasteiger partial charge is 0.223 e. The van der Waals surface area contributed by atoms with Gasteiger partial charge in [0.1, 0.15) is 0 Å². The number of piperidine rings is 1. The third kappa shape index (κ3) is 4.70. The first-order valence-corrected chi connectivity index (χ1v) is 9.06. The van der Waals surface area contributed by atoms with Crippen molar-refractivity contribution in [3.63, 3.8) is 0 Å². The van der Waals surface area contributed by atoms with E-state index in [9.17, 15) is 4.79 Å². The average molecular weight is 353 g/mol. The molecule has 1 spiro atoms. The molecule has 0 bridgehead atoms. The van der Waals surface area contributed by atoms with Gasteiger partial charge in [-0.3, -0.25) is 4.79 Å². The fraction of sp³-hybridized carbons (Fsp3) is 0.611. The van der Waals surface area contributed by atoms with Crippen molar-refractivity contribution in [2.75, 3.05) is 39.4 Å². The van der Waals surface area contributed by atoms with E-state index in [1.54, 1.807) is 0 Å². The molecule has 0 atom stereocenters. The Hall–Kier alpha value is -1.14. The Balaban J connectivity index is 1.29. The van der Waals surface area contributed by atoms with Gasteiger partial charge in [-0.25, -0.2) is 0 Å². The minimum atomic E-state index is -0.409. The summed E-state index contributed by atoms with van der Waals surface area (Å²) in [6.07, 6.45) is 3.03. The molecule has 0 saturated carbocycles. The van der Waals surface area contributed by atoms with Crippen LogP contribution in [0.3, 0.4) is 0 Å². The molecule has 0 unspecified atom stereocenters. The highest BCUT2D eigenvalue weighted by Gasteiger charge is 2.40. The summed E-state index contributed by atoms with van der Waals surface area (Å²) >= 11 is 5.87. The lowest BCUT2D eigenvalue weighted by Gasteiger charge is -2.37. The Morgan fingerprint density at radius 3 is 2.46 bits per heavy atom. The van der Waals surface area contributed by atoms with Crippen molar-refractivity contribution in [2.24, 2.45) is 0 Å². The van der Waals surface area contributed by atoms with E-state index < -0.39 is 5.79 Å². The van der Waals surface area contributed by atoms with Crippen molar-refractivity contribution in [2.45, 2.75) is 31.5 Å². The van der Waals surface area contributed by atoms with Gasteiger partial charge in [0.25, 0.3) is 0 Å². The number of benzene rings is 1. The van der Waals surface area contributed by atoms with Crippen molar-refractivity contribution in [3.8, 4) is 0 Å². The molecule has 2 aliphatic heterocycles. The molecule has 2 saturated heterocycles. The van der Waals surface area contributed by atoms with Crippen LogP contribution in [0.2, 0.25) is 5.02 Å². The van der Waals surface area contributed by atoms with Crippen LogP contribution in [0.1, 0.15) is 24.8 Å². The maximum absolute atomic E-state index is 12.3. The SMILES string of the molecule is O=C(CCNCCc1ccc(Cl)cc1)N1CCC2(CC1)OCCO2. The zero-order chi connectivity index (χ0) is 16.8. The number of amides is 1. The van der Waals surface area contributed by atoms with E-state index in [1.165, 1.54) is 5.56 Å². The topological polar surface area (TPSA) is 50.8 Å². The zero-order valence-electron chi connectivity index (χ0n) is 13.9. The summed E-state index contributed by atoms with van der Waals surface area (Å²) in [7, 11) is 0. The van der Waals surface area contributed by atoms with Gasteiger partial charge in [0.05, 0.1) is 13.2 Å². The van der Waals surface area contributed by atoms with Crippen LogP contribution >= 0.6 is 11.6 Å². The zero-order valence-corrected chi connectivity index (χ0v) is 14.7. The summed E-state index contributed by atoms with van der Waals surface area (Å²) in [5.74, 6) is -0.199. The number of likely N-dealkylation sites (tertiary alicyclic amines) is 1. The minimum Gasteiger partial charge on any atom is -0.347 e. The largest absolute Gasteiger partial charge is 0.347 e. The molecule has 2 fully saturated rings. The number of carbonyl (C=O) groups is 1. The number of hydrogen-bond donors (Lipinski definition) is 1. The van der Waals surface area contributed by atoms with Gasteiger partial charge in [0.2, 0.25) is 5.91 Å². The van der Waals surface area contributed by atoms with E-state index in [1.807, 2.05) is 29.2 Å². The van der Waals surface area contributed by atoms with Crippen molar-refractivity contribution in [3.05, 3.63) is 34.9 Å². The molecule has 0 aliphatic carbocycles. The summed E-state index contributed by atoms with van der Waals surface area (Å²) in [5.41, 5.74) is 1.25. The van der Waals surface area contributed by atoms with Crippen LogP contribution in [0, 0.1) is 0 Å². The molecule has 1 N–H and O–H groups in total. The van der Waals surface area contributed by atoms with Crippen LogP contribution in [0.5, 0.6) is 0 Å². The number of carbonyl (C=O) groups excluding carboxylic acids is 1. The molecule has 3 rings (SSSR count). The van der Waals surface area contributed by atoms with E-state index in [0.29, 0.717) is 26.2 Å². The Bertz CT molecular complexity index is 534. The first-order chi connectivity index (χ1) is 11.7. The number of hydrogen-bond acceptors (Lipinski definition) is 4. The predicted octanol–water partition coefficient (Wildman–Crippen LogP) is 2.23. The molecular weight excluding hydrogens is 328 g/mol. The molecule has 0 aromatic heterocycles. The third-order valence-corrected chi connectivity index (χ3v) is 4.96. The van der Waals surface area contributed by atoms with Crippen LogP contribution < -0.4 is 5.32 Å². The van der Waals surface area contributed by atoms with Crippen molar-refractivity contribution in [1.82, 2.24) is 10.2 Å². The van der Waals surface area contributed by atoms with Crippen LogP contribution in [0.4, 0.5) is 0 Å². The molecule has 1 amide bonds. The highest BCUT2D eigenvalue weighted by molar-refractivity contribution is 6.30. The molecule has 24 heavy (non-hydrogen) atoms. The van der Waals surface area contributed by atoms with Gasteiger partial charge in [-0.2, -0.15) is 0 Å². The molecule has 0 radical (unpaired) electrons. The average Bonchev–Trinajstić information content (AvgIpc) is 3.05. The summed E-state index contributed by atoms with van der Waals surface area (Å²) in [6.45, 7) is 4.37. The number of ether oxygens (including phenoxy) is 2. The number of rotatable bonds is 6. The van der Waals surface area contributed by atoms with Gasteiger partial charge in [0.15, 0.2) is 5.79 Å². The van der Waals surface area contributed by atoms with Crippen molar-refractivity contribution in [1.29, 1.82) is 0 Å². The van der Waals surface area contributed by atoms with E-state index in [-0.39, 0.29) is 5.91 Å². The first kappa shape index (κ1) is 17.7. The van der Waals surface area contributed by atoms with Crippen LogP contribution in [-0.4, -0.2) is 56.0 Å². The second kappa shape index (κ2) is 8.30. The minimum absolute atomic E-state index is 0.210. The maximum Gasteiger partial charge on any atom is 0.223 e.